The highest BCUT2D eigenvalue weighted by Crippen LogP contribution is 2.30. The number of benzene rings is 1. The van der Waals surface area contributed by atoms with Gasteiger partial charge in [-0.2, -0.15) is 0 Å². The van der Waals surface area contributed by atoms with E-state index < -0.39 is 0 Å². The topological polar surface area (TPSA) is 45.3 Å². The molecule has 0 fully saturated rings. The second kappa shape index (κ2) is 5.80. The molecule has 112 valence electrons. The van der Waals surface area contributed by atoms with Crippen LogP contribution >= 0.6 is 0 Å². The number of hydrogen-bond acceptors (Lipinski definition) is 2. The average molecular weight is 286 g/mol. The van der Waals surface area contributed by atoms with Gasteiger partial charge in [0.25, 0.3) is 0 Å². The van der Waals surface area contributed by atoms with E-state index in [-0.39, 0.29) is 5.91 Å². The predicted octanol–water partition coefficient (Wildman–Crippen LogP) is 3.25. The fourth-order valence-electron chi connectivity index (χ4n) is 3.05. The number of nitrogens with one attached hydrogen (secondary N) is 1. The summed E-state index contributed by atoms with van der Waals surface area (Å²) in [6.07, 6.45) is 3.63. The third-order valence-electron chi connectivity index (χ3n) is 4.28. The van der Waals surface area contributed by atoms with Crippen LogP contribution in [0.15, 0.2) is 18.2 Å². The quantitative estimate of drug-likeness (QED) is 0.937. The molecule has 0 radical (unpaired) electrons. The highest BCUT2D eigenvalue weighted by Gasteiger charge is 2.23. The van der Waals surface area contributed by atoms with Crippen LogP contribution < -0.4 is 4.74 Å². The Bertz CT molecular complexity index is 660. The predicted molar refractivity (Wildman–Crippen MR) is 83.5 cm³/mol. The summed E-state index contributed by atoms with van der Waals surface area (Å²) in [6, 6.07) is 6.10. The lowest BCUT2D eigenvalue weighted by molar-refractivity contribution is -0.132. The maximum absolute atomic E-state index is 12.2. The van der Waals surface area contributed by atoms with Gasteiger partial charge in [-0.3, -0.25) is 4.79 Å². The summed E-state index contributed by atoms with van der Waals surface area (Å²) < 4.78 is 5.31. The molecule has 0 atom stereocenters. The van der Waals surface area contributed by atoms with E-state index in [0.717, 1.165) is 37.1 Å². The number of H-pyrrole nitrogens is 1. The third kappa shape index (κ3) is 2.62. The molecule has 3 rings (SSSR count). The van der Waals surface area contributed by atoms with Crippen LogP contribution in [-0.4, -0.2) is 29.4 Å². The molecule has 0 saturated heterocycles. The number of carbonyl (C=O) groups excluding carboxylic acids is 1. The molecule has 1 aliphatic heterocycles. The highest BCUT2D eigenvalue weighted by atomic mass is 16.5. The molecule has 0 aliphatic carbocycles. The lowest BCUT2D eigenvalue weighted by Gasteiger charge is -2.27. The van der Waals surface area contributed by atoms with Crippen molar-refractivity contribution in [1.29, 1.82) is 0 Å². The van der Waals surface area contributed by atoms with Gasteiger partial charge in [0.05, 0.1) is 13.7 Å². The van der Waals surface area contributed by atoms with E-state index in [1.54, 1.807) is 7.11 Å². The Morgan fingerprint density at radius 3 is 3.05 bits per heavy atom. The van der Waals surface area contributed by atoms with Crippen LogP contribution in [0, 0.1) is 0 Å². The lowest BCUT2D eigenvalue weighted by atomic mass is 10.0. The maximum atomic E-state index is 12.2. The molecule has 1 aromatic carbocycles. The van der Waals surface area contributed by atoms with Crippen LogP contribution in [0.25, 0.3) is 10.9 Å². The monoisotopic (exact) mass is 286 g/mol. The maximum Gasteiger partial charge on any atom is 0.222 e. The van der Waals surface area contributed by atoms with Gasteiger partial charge in [0.2, 0.25) is 5.91 Å². The molecule has 0 spiro atoms. The molecular weight excluding hydrogens is 264 g/mol. The fourth-order valence-corrected chi connectivity index (χ4v) is 3.05. The van der Waals surface area contributed by atoms with E-state index in [4.69, 9.17) is 4.74 Å². The summed E-state index contributed by atoms with van der Waals surface area (Å²) in [5, 5.41) is 1.23. The molecule has 0 saturated carbocycles. The molecule has 0 unspecified atom stereocenters. The number of aromatic amines is 1. The number of hydrogen-bond donors (Lipinski definition) is 1. The van der Waals surface area contributed by atoms with Gasteiger partial charge in [-0.1, -0.05) is 13.3 Å². The smallest absolute Gasteiger partial charge is 0.222 e. The van der Waals surface area contributed by atoms with Gasteiger partial charge in [0.1, 0.15) is 5.75 Å². The first-order valence-corrected chi connectivity index (χ1v) is 7.68. The first kappa shape index (κ1) is 14.0. The SMILES string of the molecule is CCCCC(=O)N1CCc2c([nH]c3ccc(OC)cc23)C1. The van der Waals surface area contributed by atoms with Gasteiger partial charge in [-0.15, -0.1) is 0 Å². The third-order valence-corrected chi connectivity index (χ3v) is 4.28. The van der Waals surface area contributed by atoms with Gasteiger partial charge in [-0.05, 0) is 36.6 Å². The molecule has 21 heavy (non-hydrogen) atoms. The number of amides is 1. The van der Waals surface area contributed by atoms with Crippen molar-refractivity contribution in [1.82, 2.24) is 9.88 Å². The first-order chi connectivity index (χ1) is 10.2. The number of rotatable bonds is 4. The van der Waals surface area contributed by atoms with E-state index in [2.05, 4.69) is 24.0 Å². The number of ether oxygens (including phenoxy) is 1. The Kier molecular flexibility index (Phi) is 3.86. The molecule has 0 bridgehead atoms. The molecular formula is C17H22N2O2. The van der Waals surface area contributed by atoms with Crippen molar-refractivity contribution in [3.63, 3.8) is 0 Å². The molecule has 4 heteroatoms. The Labute approximate surface area is 125 Å². The van der Waals surface area contributed by atoms with Crippen LogP contribution in [0.3, 0.4) is 0 Å². The standard InChI is InChI=1S/C17H22N2O2/c1-3-4-5-17(20)19-9-8-13-14-10-12(21-2)6-7-15(14)18-16(13)11-19/h6-7,10,18H,3-5,8-9,11H2,1-2H3. The van der Waals surface area contributed by atoms with Crippen molar-refractivity contribution in [2.24, 2.45) is 0 Å². The Balaban J connectivity index is 1.85. The van der Waals surface area contributed by atoms with Crippen molar-refractivity contribution in [3.05, 3.63) is 29.5 Å². The minimum Gasteiger partial charge on any atom is -0.497 e. The summed E-state index contributed by atoms with van der Waals surface area (Å²) >= 11 is 0. The molecule has 1 aliphatic rings. The Morgan fingerprint density at radius 1 is 1.43 bits per heavy atom. The van der Waals surface area contributed by atoms with Gasteiger partial charge in [-0.25, -0.2) is 0 Å². The second-order valence-electron chi connectivity index (χ2n) is 5.66. The number of fused-ring (bicyclic) bond motifs is 3. The molecule has 1 aromatic heterocycles. The average Bonchev–Trinajstić information content (AvgIpc) is 2.89. The summed E-state index contributed by atoms with van der Waals surface area (Å²) in [6.45, 7) is 3.64. The van der Waals surface area contributed by atoms with E-state index in [9.17, 15) is 4.79 Å². The van der Waals surface area contributed by atoms with Gasteiger partial charge < -0.3 is 14.6 Å². The van der Waals surface area contributed by atoms with Crippen LogP contribution in [-0.2, 0) is 17.8 Å². The van der Waals surface area contributed by atoms with E-state index in [1.165, 1.54) is 16.6 Å². The van der Waals surface area contributed by atoms with Gasteiger partial charge >= 0.3 is 0 Å². The minimum absolute atomic E-state index is 0.277. The summed E-state index contributed by atoms with van der Waals surface area (Å²) in [5.74, 6) is 1.16. The zero-order chi connectivity index (χ0) is 14.8. The van der Waals surface area contributed by atoms with Crippen molar-refractivity contribution in [3.8, 4) is 5.75 Å². The van der Waals surface area contributed by atoms with Crippen LogP contribution in [0.4, 0.5) is 0 Å². The molecule has 2 aromatic rings. The lowest BCUT2D eigenvalue weighted by Crippen LogP contribution is -2.35. The largest absolute Gasteiger partial charge is 0.497 e. The highest BCUT2D eigenvalue weighted by molar-refractivity contribution is 5.87. The number of carbonyl (C=O) groups is 1. The molecule has 1 amide bonds. The first-order valence-electron chi connectivity index (χ1n) is 7.68. The summed E-state index contributed by atoms with van der Waals surface area (Å²) in [7, 11) is 1.69. The second-order valence-corrected chi connectivity index (χ2v) is 5.66. The van der Waals surface area contributed by atoms with Crippen molar-refractivity contribution in [2.45, 2.75) is 39.2 Å². The zero-order valence-electron chi connectivity index (χ0n) is 12.7. The van der Waals surface area contributed by atoms with Gasteiger partial charge in [0, 0.05) is 29.6 Å². The zero-order valence-corrected chi connectivity index (χ0v) is 12.7. The van der Waals surface area contributed by atoms with E-state index in [1.807, 2.05) is 11.0 Å². The number of aromatic nitrogens is 1. The Morgan fingerprint density at radius 2 is 2.29 bits per heavy atom. The van der Waals surface area contributed by atoms with Crippen molar-refractivity contribution in [2.75, 3.05) is 13.7 Å². The van der Waals surface area contributed by atoms with Crippen LogP contribution in [0.5, 0.6) is 5.75 Å². The van der Waals surface area contributed by atoms with Crippen LogP contribution in [0.1, 0.15) is 37.4 Å². The van der Waals surface area contributed by atoms with Crippen molar-refractivity contribution < 1.29 is 9.53 Å². The molecule has 1 N–H and O–H groups in total. The number of unbranched alkanes of at least 4 members (excludes halogenated alkanes) is 1. The normalized spacial score (nSPS) is 14.3. The minimum atomic E-state index is 0.277. The summed E-state index contributed by atoms with van der Waals surface area (Å²) in [5.41, 5.74) is 3.64. The molecule has 4 nitrogen and oxygen atoms in total. The van der Waals surface area contributed by atoms with Crippen LogP contribution in [0.2, 0.25) is 0 Å². The number of methoxy groups -OCH3 is 1. The summed E-state index contributed by atoms with van der Waals surface area (Å²) in [4.78, 5) is 17.6. The fraction of sp³-hybridized carbons (Fsp3) is 0.471. The van der Waals surface area contributed by atoms with E-state index >= 15 is 0 Å². The van der Waals surface area contributed by atoms with Gasteiger partial charge in [0.15, 0.2) is 0 Å². The molecule has 2 heterocycles. The van der Waals surface area contributed by atoms with E-state index in [0.29, 0.717) is 13.0 Å². The Hall–Kier alpha value is -1.97. The van der Waals surface area contributed by atoms with Crippen molar-refractivity contribution >= 4 is 16.8 Å². The number of nitrogens with zero attached hydrogens (tertiary/aromatic N) is 1.